The normalized spacial score (nSPS) is 20.9. The van der Waals surface area contributed by atoms with Crippen LogP contribution in [-0.2, 0) is 11.3 Å². The van der Waals surface area contributed by atoms with E-state index in [2.05, 4.69) is 17.6 Å². The van der Waals surface area contributed by atoms with Crippen LogP contribution in [0.1, 0.15) is 37.2 Å². The molecule has 8 nitrogen and oxygen atoms in total. The van der Waals surface area contributed by atoms with E-state index in [9.17, 15) is 23.1 Å². The number of benzene rings is 2. The van der Waals surface area contributed by atoms with Crippen LogP contribution in [0, 0.1) is 24.5 Å². The van der Waals surface area contributed by atoms with Gasteiger partial charge in [-0.05, 0) is 37.6 Å². The zero-order valence-corrected chi connectivity index (χ0v) is 23.6. The highest BCUT2D eigenvalue weighted by molar-refractivity contribution is 5.75. The fourth-order valence-electron chi connectivity index (χ4n) is 5.78. The number of halogens is 3. The Bertz CT molecular complexity index is 1360. The van der Waals surface area contributed by atoms with Gasteiger partial charge >= 0.3 is 6.03 Å². The van der Waals surface area contributed by atoms with Crippen LogP contribution in [-0.4, -0.2) is 76.3 Å². The van der Waals surface area contributed by atoms with Crippen molar-refractivity contribution >= 4 is 6.03 Å². The lowest BCUT2D eigenvalue weighted by Gasteiger charge is -2.45. The quantitative estimate of drug-likeness (QED) is 0.350. The molecule has 42 heavy (non-hydrogen) atoms. The molecular weight excluding hydrogens is 547 g/mol. The lowest BCUT2D eigenvalue weighted by atomic mass is 9.84. The molecular formula is C31H37F3N5O3. The largest absolute Gasteiger partial charge is 0.387 e. The molecule has 2 aliphatic rings. The number of hydrogen-bond donors (Lipinski definition) is 3. The van der Waals surface area contributed by atoms with Crippen LogP contribution in [0.15, 0.2) is 54.7 Å². The Kier molecular flexibility index (Phi) is 9.19. The molecule has 0 saturated carbocycles. The molecule has 2 saturated heterocycles. The van der Waals surface area contributed by atoms with Gasteiger partial charge in [-0.2, -0.15) is 0 Å². The van der Waals surface area contributed by atoms with Gasteiger partial charge in [0.15, 0.2) is 0 Å². The first-order valence-corrected chi connectivity index (χ1v) is 14.3. The van der Waals surface area contributed by atoms with Crippen molar-refractivity contribution < 1.29 is 27.8 Å². The van der Waals surface area contributed by atoms with Crippen molar-refractivity contribution in [1.29, 1.82) is 0 Å². The van der Waals surface area contributed by atoms with E-state index < -0.39 is 47.4 Å². The zero-order valence-electron chi connectivity index (χ0n) is 23.6. The van der Waals surface area contributed by atoms with E-state index in [1.807, 2.05) is 30.3 Å². The summed E-state index contributed by atoms with van der Waals surface area (Å²) in [7, 11) is 0. The maximum atomic E-state index is 15.0. The Labute approximate surface area is 243 Å². The Balaban J connectivity index is 1.69. The highest BCUT2D eigenvalue weighted by atomic mass is 19.1. The number of nitrogens with one attached hydrogen (secondary N) is 2. The number of nitrogens with zero attached hydrogens (tertiary/aromatic N) is 3. The summed E-state index contributed by atoms with van der Waals surface area (Å²) in [5, 5.41) is 18.1. The van der Waals surface area contributed by atoms with E-state index in [-0.39, 0.29) is 62.8 Å². The molecule has 11 heteroatoms. The second kappa shape index (κ2) is 12.8. The Morgan fingerprint density at radius 3 is 2.64 bits per heavy atom. The third-order valence-electron chi connectivity index (χ3n) is 7.95. The molecule has 2 aromatic carbocycles. The van der Waals surface area contributed by atoms with Crippen LogP contribution in [0.4, 0.5) is 18.0 Å². The van der Waals surface area contributed by atoms with Gasteiger partial charge in [0.2, 0.25) is 0 Å². The van der Waals surface area contributed by atoms with E-state index in [1.54, 1.807) is 17.7 Å². The predicted octanol–water partition coefficient (Wildman–Crippen LogP) is 4.25. The van der Waals surface area contributed by atoms with E-state index >= 15 is 0 Å². The molecule has 0 bridgehead atoms. The first-order valence-electron chi connectivity index (χ1n) is 14.3. The zero-order chi connectivity index (χ0) is 29.9. The molecule has 3 heterocycles. The minimum atomic E-state index is -1.50. The number of imidazole rings is 1. The summed E-state index contributed by atoms with van der Waals surface area (Å²) >= 11 is 0. The van der Waals surface area contributed by atoms with Crippen LogP contribution < -0.4 is 10.6 Å². The summed E-state index contributed by atoms with van der Waals surface area (Å²) in [4.78, 5) is 20.1. The predicted molar refractivity (Wildman–Crippen MR) is 152 cm³/mol. The number of aromatic nitrogens is 2. The molecule has 225 valence electrons. The second-order valence-corrected chi connectivity index (χ2v) is 11.3. The SMILES string of the molecule is [CH2][C@@H](C)NC(=O)N(C[C@@H]1CNC[C@@H]1F)C(c1nc(-c2cc(F)ccc2F)cn1Cc1ccccc1)C1(O)CCOCC1. The number of aliphatic hydroxyl groups is 1. The summed E-state index contributed by atoms with van der Waals surface area (Å²) in [5.41, 5.74) is -0.510. The van der Waals surface area contributed by atoms with Gasteiger partial charge in [-0.3, -0.25) is 0 Å². The third kappa shape index (κ3) is 6.63. The van der Waals surface area contributed by atoms with Crippen molar-refractivity contribution in [2.75, 3.05) is 32.8 Å². The molecule has 0 aliphatic carbocycles. The van der Waals surface area contributed by atoms with Crippen LogP contribution in [0.5, 0.6) is 0 Å². The van der Waals surface area contributed by atoms with E-state index in [4.69, 9.17) is 9.72 Å². The van der Waals surface area contributed by atoms with Gasteiger partial charge in [0.1, 0.15) is 29.7 Å². The number of ether oxygens (including phenoxy) is 1. The van der Waals surface area contributed by atoms with Crippen molar-refractivity contribution in [3.05, 3.63) is 84.7 Å². The molecule has 1 unspecified atom stereocenters. The van der Waals surface area contributed by atoms with Crippen molar-refractivity contribution in [2.45, 2.75) is 50.2 Å². The van der Waals surface area contributed by atoms with E-state index in [0.29, 0.717) is 6.54 Å². The highest BCUT2D eigenvalue weighted by Crippen LogP contribution is 2.41. The van der Waals surface area contributed by atoms with E-state index in [0.717, 1.165) is 23.8 Å². The molecule has 4 atom stereocenters. The van der Waals surface area contributed by atoms with Crippen molar-refractivity contribution in [3.63, 3.8) is 0 Å². The van der Waals surface area contributed by atoms with Gasteiger partial charge in [-0.15, -0.1) is 0 Å². The number of urea groups is 1. The minimum Gasteiger partial charge on any atom is -0.387 e. The molecule has 1 aromatic heterocycles. The molecule has 2 amide bonds. The topological polar surface area (TPSA) is 91.7 Å². The third-order valence-corrected chi connectivity index (χ3v) is 7.95. The summed E-state index contributed by atoms with van der Waals surface area (Å²) < 4.78 is 51.5. The minimum absolute atomic E-state index is 0.0115. The number of carbonyl (C=O) groups excluding carboxylic acids is 1. The Morgan fingerprint density at radius 2 is 1.98 bits per heavy atom. The maximum Gasteiger partial charge on any atom is 0.318 e. The smallest absolute Gasteiger partial charge is 0.318 e. The lowest BCUT2D eigenvalue weighted by molar-refractivity contribution is -0.111. The Hall–Kier alpha value is -3.41. The molecule has 3 N–H and O–H groups in total. The summed E-state index contributed by atoms with van der Waals surface area (Å²) in [5.74, 6) is -1.54. The number of amides is 2. The average molecular weight is 585 g/mol. The van der Waals surface area contributed by atoms with Crippen LogP contribution >= 0.6 is 0 Å². The molecule has 5 rings (SSSR count). The van der Waals surface area contributed by atoms with Crippen LogP contribution in [0.2, 0.25) is 0 Å². The number of carbonyl (C=O) groups is 1. The average Bonchev–Trinajstić information content (AvgIpc) is 3.55. The fourth-order valence-corrected chi connectivity index (χ4v) is 5.78. The lowest BCUT2D eigenvalue weighted by Crippen LogP contribution is -2.56. The molecule has 2 aliphatic heterocycles. The van der Waals surface area contributed by atoms with E-state index in [1.165, 1.54) is 4.90 Å². The standard InChI is InChI=1S/C31H37F3N5O3/c1-20(2)36-30(40)39(18-22-15-35-16-26(22)34)28(31(41)10-12-42-13-11-31)29-37-27(24-14-23(32)8-9-25(24)33)19-38(29)17-21-6-4-3-5-7-21/h3-9,14,19-20,22,26,28,35,41H,1,10-13,15-18H2,2H3,(H,36,40)/t20-,22-,26-,28?/m0/s1. The summed E-state index contributed by atoms with van der Waals surface area (Å²) in [6.45, 7) is 6.88. The van der Waals surface area contributed by atoms with Gasteiger partial charge in [0, 0.05) is 76.0 Å². The monoisotopic (exact) mass is 584 g/mol. The Morgan fingerprint density at radius 1 is 1.24 bits per heavy atom. The van der Waals surface area contributed by atoms with Crippen molar-refractivity contribution in [2.24, 2.45) is 5.92 Å². The summed E-state index contributed by atoms with van der Waals surface area (Å²) in [6, 6.07) is 10.5. The highest BCUT2D eigenvalue weighted by Gasteiger charge is 2.48. The fraction of sp³-hybridized carbons (Fsp3) is 0.452. The van der Waals surface area contributed by atoms with Crippen molar-refractivity contribution in [1.82, 2.24) is 25.1 Å². The van der Waals surface area contributed by atoms with Gasteiger partial charge in [0.05, 0.1) is 11.3 Å². The van der Waals surface area contributed by atoms with Gasteiger partial charge in [-0.1, -0.05) is 30.3 Å². The van der Waals surface area contributed by atoms with Gasteiger partial charge in [-0.25, -0.2) is 22.9 Å². The second-order valence-electron chi connectivity index (χ2n) is 11.3. The molecule has 2 fully saturated rings. The van der Waals surface area contributed by atoms with Crippen molar-refractivity contribution in [3.8, 4) is 11.3 Å². The molecule has 0 spiro atoms. The first kappa shape index (κ1) is 30.1. The summed E-state index contributed by atoms with van der Waals surface area (Å²) in [6.07, 6.45) is 0.782. The number of hydrogen-bond acceptors (Lipinski definition) is 5. The van der Waals surface area contributed by atoms with Gasteiger partial charge < -0.3 is 29.9 Å². The molecule has 3 aromatic rings. The first-order chi connectivity index (χ1) is 20.1. The number of alkyl halides is 1. The maximum absolute atomic E-state index is 15.0. The molecule has 1 radical (unpaired) electrons. The van der Waals surface area contributed by atoms with Crippen LogP contribution in [0.25, 0.3) is 11.3 Å². The van der Waals surface area contributed by atoms with Gasteiger partial charge in [0.25, 0.3) is 0 Å². The number of rotatable bonds is 9. The van der Waals surface area contributed by atoms with Crippen LogP contribution in [0.3, 0.4) is 0 Å².